The molecular weight excluding hydrogens is 550 g/mol. The van der Waals surface area contributed by atoms with Crippen LogP contribution in [0.15, 0.2) is 28.7 Å². The van der Waals surface area contributed by atoms with Gasteiger partial charge in [0.15, 0.2) is 11.4 Å². The van der Waals surface area contributed by atoms with Gasteiger partial charge in [0.25, 0.3) is 5.91 Å². The molecule has 0 bridgehead atoms. The van der Waals surface area contributed by atoms with Gasteiger partial charge in [0.1, 0.15) is 22.8 Å². The first-order valence-corrected chi connectivity index (χ1v) is 14.6. The Hall–Kier alpha value is -2.92. The first-order chi connectivity index (χ1) is 19.3. The van der Waals surface area contributed by atoms with Crippen molar-refractivity contribution in [2.75, 3.05) is 27.2 Å². The van der Waals surface area contributed by atoms with Crippen LogP contribution in [0.3, 0.4) is 0 Å². The van der Waals surface area contributed by atoms with Gasteiger partial charge in [-0.15, -0.1) is 0 Å². The van der Waals surface area contributed by atoms with E-state index < -0.39 is 58.0 Å². The molecule has 0 saturated carbocycles. The minimum atomic E-state index is -2.66. The van der Waals surface area contributed by atoms with Crippen LogP contribution in [-0.4, -0.2) is 86.5 Å². The molecule has 11 heteroatoms. The van der Waals surface area contributed by atoms with Crippen LogP contribution in [0.1, 0.15) is 60.5 Å². The highest BCUT2D eigenvalue weighted by Crippen LogP contribution is 2.53. The number of aliphatic hydroxyl groups excluding tert-OH is 2. The summed E-state index contributed by atoms with van der Waals surface area (Å²) in [5.41, 5.74) is 2.79. The van der Waals surface area contributed by atoms with Gasteiger partial charge >= 0.3 is 0 Å². The van der Waals surface area contributed by atoms with Crippen LogP contribution in [0.4, 0.5) is 0 Å². The highest BCUT2D eigenvalue weighted by molar-refractivity contribution is 6.33. The van der Waals surface area contributed by atoms with Crippen molar-refractivity contribution < 1.29 is 34.8 Å². The molecule has 4 aliphatic rings. The molecule has 1 aromatic carbocycles. The van der Waals surface area contributed by atoms with E-state index in [1.807, 2.05) is 0 Å². The van der Waals surface area contributed by atoms with Crippen LogP contribution < -0.4 is 5.73 Å². The second-order valence-electron chi connectivity index (χ2n) is 12.2. The number of aromatic hydroxyl groups is 1. The molecule has 0 radical (unpaired) electrons. The van der Waals surface area contributed by atoms with Crippen molar-refractivity contribution in [1.82, 2.24) is 9.80 Å². The van der Waals surface area contributed by atoms with Gasteiger partial charge in [-0.1, -0.05) is 31.4 Å². The lowest BCUT2D eigenvalue weighted by Crippen LogP contribution is -2.63. The molecule has 3 aliphatic carbocycles. The van der Waals surface area contributed by atoms with Gasteiger partial charge in [0.05, 0.1) is 11.6 Å². The van der Waals surface area contributed by atoms with E-state index in [2.05, 4.69) is 11.8 Å². The first kappa shape index (κ1) is 29.6. The molecule has 222 valence electrons. The summed E-state index contributed by atoms with van der Waals surface area (Å²) >= 11 is 6.89. The smallest absolute Gasteiger partial charge is 0.255 e. The zero-order valence-electron chi connectivity index (χ0n) is 23.6. The third-order valence-corrected chi connectivity index (χ3v) is 10.00. The zero-order chi connectivity index (χ0) is 30.0. The van der Waals surface area contributed by atoms with Crippen molar-refractivity contribution >= 4 is 29.1 Å². The Balaban J connectivity index is 1.54. The summed E-state index contributed by atoms with van der Waals surface area (Å²) in [7, 11) is 3.19. The molecule has 1 aliphatic heterocycles. The number of amides is 1. The van der Waals surface area contributed by atoms with E-state index in [-0.39, 0.29) is 29.7 Å². The van der Waals surface area contributed by atoms with Crippen molar-refractivity contribution in [1.29, 1.82) is 0 Å². The van der Waals surface area contributed by atoms with Crippen molar-refractivity contribution in [2.24, 2.45) is 23.5 Å². The van der Waals surface area contributed by atoms with E-state index in [0.717, 1.165) is 31.8 Å². The number of phenolic OH excluding ortho intramolecular Hbond substituents is 1. The number of primary amides is 1. The highest BCUT2D eigenvalue weighted by Gasteiger charge is 2.63. The number of nitrogens with two attached hydrogens (primary N) is 1. The summed E-state index contributed by atoms with van der Waals surface area (Å²) in [4.78, 5) is 43.1. The lowest BCUT2D eigenvalue weighted by atomic mass is 9.58. The monoisotopic (exact) mass is 587 g/mol. The molecule has 5 rings (SSSR count). The highest BCUT2D eigenvalue weighted by atomic mass is 35.5. The van der Waals surface area contributed by atoms with Crippen molar-refractivity contribution in [3.05, 3.63) is 50.4 Å². The number of allylic oxidation sites excluding steroid dienone is 1. The number of phenols is 1. The molecule has 0 aromatic heterocycles. The second kappa shape index (κ2) is 10.7. The quantitative estimate of drug-likeness (QED) is 0.315. The predicted molar refractivity (Wildman–Crippen MR) is 152 cm³/mol. The molecule has 1 saturated heterocycles. The van der Waals surface area contributed by atoms with Crippen LogP contribution >= 0.6 is 11.6 Å². The van der Waals surface area contributed by atoms with Crippen LogP contribution in [0.25, 0.3) is 0 Å². The number of carbonyl (C=O) groups excluding carboxylic acids is 3. The second-order valence-corrected chi connectivity index (χ2v) is 12.6. The summed E-state index contributed by atoms with van der Waals surface area (Å²) in [5, 5.41) is 45.4. The molecule has 6 N–H and O–H groups in total. The summed E-state index contributed by atoms with van der Waals surface area (Å²) in [5.74, 6) is -6.02. The number of halogens is 1. The van der Waals surface area contributed by atoms with Crippen LogP contribution in [0.2, 0.25) is 5.02 Å². The SMILES string of the molecule is CCCC1CCN(Cc2cc(O)c3c(c2Cl)C[C@H]2C[C@H]4[C@H](N(C)C)C(O)=C(C(N)=O)C(=O)[C@@]4(O)C(O)=C2C3=O)CC1. The Bertz CT molecular complexity index is 1380. The Labute approximate surface area is 244 Å². The molecule has 1 fully saturated rings. The molecular formula is C30H38ClN3O7. The normalized spacial score (nSPS) is 29.1. The largest absolute Gasteiger partial charge is 0.510 e. The number of aliphatic hydroxyl groups is 3. The number of hydrogen-bond acceptors (Lipinski definition) is 9. The standard InChI is InChI=1S/C30H38ClN3O7/c1-4-5-14-6-8-34(9-7-14)13-16-12-19(35)21-17(23(16)31)10-15-11-18-24(33(2)3)26(37)22(29(32)40)28(39)30(18,41)27(38)20(15)25(21)36/h12,14-15,18,24,35,37-38,41H,4-11,13H2,1-3H3,(H2,32,40)/t15-,18-,24-,30-/m0/s1. The van der Waals surface area contributed by atoms with E-state index in [4.69, 9.17) is 17.3 Å². The number of benzene rings is 1. The van der Waals surface area contributed by atoms with E-state index in [9.17, 15) is 34.8 Å². The minimum absolute atomic E-state index is 0.0258. The van der Waals surface area contributed by atoms with Crippen LogP contribution in [0.5, 0.6) is 5.75 Å². The maximum absolute atomic E-state index is 13.8. The van der Waals surface area contributed by atoms with Crippen molar-refractivity contribution in [2.45, 2.75) is 63.6 Å². The molecule has 0 spiro atoms. The maximum Gasteiger partial charge on any atom is 0.255 e. The Kier molecular flexibility index (Phi) is 7.74. The number of likely N-dealkylation sites (N-methyl/N-ethyl adjacent to an activating group) is 1. The molecule has 10 nitrogen and oxygen atoms in total. The van der Waals surface area contributed by atoms with Crippen LogP contribution in [0, 0.1) is 17.8 Å². The fourth-order valence-corrected chi connectivity index (χ4v) is 7.84. The van der Waals surface area contributed by atoms with Gasteiger partial charge in [-0.25, -0.2) is 0 Å². The number of piperidine rings is 1. The summed E-state index contributed by atoms with van der Waals surface area (Å²) in [6.45, 7) is 4.57. The summed E-state index contributed by atoms with van der Waals surface area (Å²) < 4.78 is 0. The fourth-order valence-electron chi connectivity index (χ4n) is 7.55. The van der Waals surface area contributed by atoms with E-state index in [1.54, 1.807) is 14.1 Å². The molecule has 41 heavy (non-hydrogen) atoms. The number of likely N-dealkylation sites (tertiary alicyclic amines) is 1. The molecule has 1 aromatic rings. The number of nitrogens with zero attached hydrogens (tertiary/aromatic N) is 2. The number of ketones is 2. The topological polar surface area (TPSA) is 165 Å². The van der Waals surface area contributed by atoms with Gasteiger partial charge < -0.3 is 26.2 Å². The fraction of sp³-hybridized carbons (Fsp3) is 0.567. The number of fused-ring (bicyclic) bond motifs is 3. The number of Topliss-reactive ketones (excluding diaryl/α,β-unsaturated/α-hetero) is 2. The van der Waals surface area contributed by atoms with E-state index >= 15 is 0 Å². The summed E-state index contributed by atoms with van der Waals surface area (Å²) in [6, 6.07) is 0.446. The van der Waals surface area contributed by atoms with Gasteiger partial charge in [-0.2, -0.15) is 0 Å². The predicted octanol–water partition coefficient (Wildman–Crippen LogP) is 2.79. The lowest BCUT2D eigenvalue weighted by molar-refractivity contribution is -0.148. The molecule has 4 atom stereocenters. The van der Waals surface area contributed by atoms with Gasteiger partial charge in [-0.05, 0) is 81.9 Å². The van der Waals surface area contributed by atoms with Crippen LogP contribution in [-0.2, 0) is 22.6 Å². The van der Waals surface area contributed by atoms with E-state index in [1.165, 1.54) is 23.8 Å². The average Bonchev–Trinajstić information content (AvgIpc) is 2.90. The van der Waals surface area contributed by atoms with Gasteiger partial charge in [-0.3, -0.25) is 24.2 Å². The Morgan fingerprint density at radius 3 is 2.44 bits per heavy atom. The minimum Gasteiger partial charge on any atom is -0.510 e. The molecule has 1 amide bonds. The Morgan fingerprint density at radius 1 is 1.20 bits per heavy atom. The third kappa shape index (κ3) is 4.56. The van der Waals surface area contributed by atoms with E-state index in [0.29, 0.717) is 22.7 Å². The molecule has 1 heterocycles. The first-order valence-electron chi connectivity index (χ1n) is 14.2. The van der Waals surface area contributed by atoms with Crippen molar-refractivity contribution in [3.8, 4) is 5.75 Å². The Morgan fingerprint density at radius 2 is 1.85 bits per heavy atom. The molecule has 0 unspecified atom stereocenters. The summed E-state index contributed by atoms with van der Waals surface area (Å²) in [6.07, 6.45) is 4.79. The van der Waals surface area contributed by atoms with Gasteiger partial charge in [0.2, 0.25) is 5.78 Å². The number of carbonyl (C=O) groups is 3. The zero-order valence-corrected chi connectivity index (χ0v) is 24.4. The third-order valence-electron chi connectivity index (χ3n) is 9.53. The average molecular weight is 588 g/mol. The van der Waals surface area contributed by atoms with Crippen molar-refractivity contribution in [3.63, 3.8) is 0 Å². The maximum atomic E-state index is 13.8. The number of rotatable bonds is 6. The van der Waals surface area contributed by atoms with Gasteiger partial charge in [0, 0.05) is 23.1 Å². The number of hydrogen-bond donors (Lipinski definition) is 5. The lowest BCUT2D eigenvalue weighted by Gasteiger charge is -2.50.